The molecule has 0 aliphatic carbocycles. The van der Waals surface area contributed by atoms with Crippen molar-refractivity contribution in [3.63, 3.8) is 0 Å². The molecule has 0 aromatic rings. The molecule has 0 N–H and O–H groups in total. The molecule has 23 heavy (non-hydrogen) atoms. The fourth-order valence-corrected chi connectivity index (χ4v) is 2.40. The Bertz CT molecular complexity index is 298. The maximum absolute atomic E-state index is 10.2. The molecule has 0 heterocycles. The first kappa shape index (κ1) is 25.2. The molecule has 0 aliphatic rings. The van der Waals surface area contributed by atoms with Crippen LogP contribution in [0.15, 0.2) is 24.3 Å². The van der Waals surface area contributed by atoms with E-state index in [1.165, 1.54) is 64.2 Å². The third-order valence-corrected chi connectivity index (χ3v) is 3.80. The summed E-state index contributed by atoms with van der Waals surface area (Å²) in [4.78, 5) is 10.2. The summed E-state index contributed by atoms with van der Waals surface area (Å²) in [6.07, 6.45) is 24.9. The molecule has 0 radical (unpaired) electrons. The van der Waals surface area contributed by atoms with Crippen LogP contribution < -0.4 is 34.7 Å². The van der Waals surface area contributed by atoms with Crippen molar-refractivity contribution in [2.45, 2.75) is 96.8 Å². The molecule has 0 aliphatic heterocycles. The predicted octanol–water partition coefficient (Wildman–Crippen LogP) is 2.33. The number of rotatable bonds is 16. The van der Waals surface area contributed by atoms with E-state index in [-0.39, 0.29) is 36.0 Å². The van der Waals surface area contributed by atoms with Gasteiger partial charge < -0.3 is 9.90 Å². The van der Waals surface area contributed by atoms with Crippen molar-refractivity contribution in [2.24, 2.45) is 0 Å². The maximum Gasteiger partial charge on any atom is 1.00 e. The first-order valence-corrected chi connectivity index (χ1v) is 9.27. The van der Waals surface area contributed by atoms with E-state index >= 15 is 0 Å². The Morgan fingerprint density at radius 1 is 0.696 bits per heavy atom. The quantitative estimate of drug-likeness (QED) is 0.248. The molecular formula is C20H35NaO2. The number of hydrogen-bond acceptors (Lipinski definition) is 2. The van der Waals surface area contributed by atoms with E-state index in [0.29, 0.717) is 6.42 Å². The Morgan fingerprint density at radius 3 is 1.52 bits per heavy atom. The van der Waals surface area contributed by atoms with Crippen LogP contribution in [0, 0.1) is 0 Å². The van der Waals surface area contributed by atoms with Crippen molar-refractivity contribution in [1.29, 1.82) is 0 Å². The van der Waals surface area contributed by atoms with Gasteiger partial charge in [-0.05, 0) is 57.8 Å². The summed E-state index contributed by atoms with van der Waals surface area (Å²) in [7, 11) is 0. The maximum atomic E-state index is 10.2. The second-order valence-corrected chi connectivity index (χ2v) is 6.05. The second-order valence-electron chi connectivity index (χ2n) is 6.05. The van der Waals surface area contributed by atoms with Crippen LogP contribution in [0.5, 0.6) is 0 Å². The summed E-state index contributed by atoms with van der Waals surface area (Å²) in [5, 5.41) is 10.2. The van der Waals surface area contributed by atoms with E-state index in [2.05, 4.69) is 31.2 Å². The van der Waals surface area contributed by atoms with Gasteiger partial charge in [0.05, 0.1) is 0 Å². The summed E-state index contributed by atoms with van der Waals surface area (Å²) >= 11 is 0. The summed E-state index contributed by atoms with van der Waals surface area (Å²) in [6.45, 7) is 2.25. The van der Waals surface area contributed by atoms with Crippen LogP contribution in [-0.2, 0) is 4.79 Å². The predicted molar refractivity (Wildman–Crippen MR) is 93.6 cm³/mol. The molecule has 0 saturated heterocycles. The zero-order chi connectivity index (χ0) is 16.3. The third-order valence-electron chi connectivity index (χ3n) is 3.80. The third kappa shape index (κ3) is 24.3. The van der Waals surface area contributed by atoms with Crippen molar-refractivity contribution in [3.8, 4) is 0 Å². The number of carbonyl (C=O) groups excluding carboxylic acids is 1. The zero-order valence-electron chi connectivity index (χ0n) is 15.5. The number of allylic oxidation sites excluding steroid dienone is 4. The molecule has 3 heteroatoms. The molecule has 0 atom stereocenters. The van der Waals surface area contributed by atoms with Gasteiger partial charge in [0.2, 0.25) is 0 Å². The van der Waals surface area contributed by atoms with Crippen molar-refractivity contribution < 1.29 is 39.5 Å². The number of unbranched alkanes of at least 4 members (excludes halogenated alkanes) is 10. The van der Waals surface area contributed by atoms with E-state index in [4.69, 9.17) is 0 Å². The Morgan fingerprint density at radius 2 is 1.09 bits per heavy atom. The number of aliphatic carboxylic acids is 1. The van der Waals surface area contributed by atoms with Crippen LogP contribution in [0.2, 0.25) is 0 Å². The van der Waals surface area contributed by atoms with Crippen LogP contribution in [0.3, 0.4) is 0 Å². The summed E-state index contributed by atoms with van der Waals surface area (Å²) < 4.78 is 0. The number of hydrogen-bond donors (Lipinski definition) is 0. The molecule has 0 aromatic carbocycles. The van der Waals surface area contributed by atoms with Gasteiger partial charge in [-0.3, -0.25) is 0 Å². The molecular weight excluding hydrogens is 295 g/mol. The second kappa shape index (κ2) is 21.9. The molecule has 0 amide bonds. The minimum absolute atomic E-state index is 0. The smallest absolute Gasteiger partial charge is 0.550 e. The number of carboxylic acids is 1. The van der Waals surface area contributed by atoms with Gasteiger partial charge in [-0.25, -0.2) is 0 Å². The van der Waals surface area contributed by atoms with Gasteiger partial charge in [0.25, 0.3) is 0 Å². The van der Waals surface area contributed by atoms with E-state index in [1.54, 1.807) is 0 Å². The first-order chi connectivity index (χ1) is 10.8. The molecule has 0 unspecified atom stereocenters. The van der Waals surface area contributed by atoms with Crippen LogP contribution >= 0.6 is 0 Å². The summed E-state index contributed by atoms with van der Waals surface area (Å²) in [6, 6.07) is 0. The summed E-state index contributed by atoms with van der Waals surface area (Å²) in [5.41, 5.74) is 0. The average molecular weight is 330 g/mol. The van der Waals surface area contributed by atoms with Crippen molar-refractivity contribution in [1.82, 2.24) is 0 Å². The van der Waals surface area contributed by atoms with Crippen molar-refractivity contribution in [3.05, 3.63) is 24.3 Å². The van der Waals surface area contributed by atoms with Crippen molar-refractivity contribution in [2.75, 3.05) is 0 Å². The van der Waals surface area contributed by atoms with Crippen LogP contribution in [0.25, 0.3) is 0 Å². The Balaban J connectivity index is 0. The van der Waals surface area contributed by atoms with E-state index < -0.39 is 5.97 Å². The zero-order valence-corrected chi connectivity index (χ0v) is 17.5. The van der Waals surface area contributed by atoms with Gasteiger partial charge in [0.15, 0.2) is 0 Å². The van der Waals surface area contributed by atoms with Crippen LogP contribution in [-0.4, -0.2) is 5.97 Å². The molecule has 0 spiro atoms. The first-order valence-electron chi connectivity index (χ1n) is 9.27. The topological polar surface area (TPSA) is 40.1 Å². The van der Waals surface area contributed by atoms with E-state index in [1.807, 2.05) is 0 Å². The largest absolute Gasteiger partial charge is 1.00 e. The Labute approximate surface area is 166 Å². The molecule has 0 fully saturated rings. The van der Waals surface area contributed by atoms with Gasteiger partial charge in [0.1, 0.15) is 0 Å². The van der Waals surface area contributed by atoms with Gasteiger partial charge in [-0.15, -0.1) is 0 Å². The molecule has 0 aromatic heterocycles. The molecule has 0 saturated carbocycles. The minimum atomic E-state index is -0.941. The molecule has 0 bridgehead atoms. The SMILES string of the molecule is CCCCC/C=C\CCCCCCC/C=C\CCCC(=O)[O-].[Na+]. The van der Waals surface area contributed by atoms with E-state index in [9.17, 15) is 9.90 Å². The van der Waals surface area contributed by atoms with Gasteiger partial charge in [-0.1, -0.05) is 63.3 Å². The monoisotopic (exact) mass is 330 g/mol. The molecule has 0 rings (SSSR count). The average Bonchev–Trinajstić information content (AvgIpc) is 2.50. The normalized spacial score (nSPS) is 11.2. The van der Waals surface area contributed by atoms with Gasteiger partial charge in [-0.2, -0.15) is 0 Å². The van der Waals surface area contributed by atoms with Crippen LogP contribution in [0.1, 0.15) is 96.8 Å². The number of carbonyl (C=O) groups is 1. The van der Waals surface area contributed by atoms with E-state index in [0.717, 1.165) is 12.8 Å². The van der Waals surface area contributed by atoms with Crippen LogP contribution in [0.4, 0.5) is 0 Å². The number of carboxylic acid groups (broad SMARTS) is 1. The fourth-order valence-electron chi connectivity index (χ4n) is 2.40. The van der Waals surface area contributed by atoms with Crippen molar-refractivity contribution >= 4 is 5.97 Å². The summed E-state index contributed by atoms with van der Waals surface area (Å²) in [5.74, 6) is -0.941. The molecule has 2 nitrogen and oxygen atoms in total. The Kier molecular flexibility index (Phi) is 24.0. The standard InChI is InChI=1S/C20H36O2.Na/c1-2-3-4-5-6-7-8-9-10-11-12-13-14-15-16-17-18-19-20(21)22;/h6-7,15-16H,2-5,8-14,17-19H2,1H3,(H,21,22);/q;+1/p-1/b7-6-,16-15-;. The molecule has 128 valence electrons. The minimum Gasteiger partial charge on any atom is -0.550 e. The fraction of sp³-hybridized carbons (Fsp3) is 0.750. The Hall–Kier alpha value is -0.0500. The van der Waals surface area contributed by atoms with Gasteiger partial charge >= 0.3 is 29.6 Å². The van der Waals surface area contributed by atoms with Gasteiger partial charge in [0, 0.05) is 5.97 Å².